The van der Waals surface area contributed by atoms with Crippen LogP contribution < -0.4 is 5.32 Å². The van der Waals surface area contributed by atoms with Gasteiger partial charge in [-0.2, -0.15) is 0 Å². The number of rotatable bonds is 6. The molecule has 1 amide bonds. The van der Waals surface area contributed by atoms with Gasteiger partial charge in [0.2, 0.25) is 5.91 Å². The first kappa shape index (κ1) is 19.5. The van der Waals surface area contributed by atoms with Crippen molar-refractivity contribution in [2.24, 2.45) is 0 Å². The van der Waals surface area contributed by atoms with Gasteiger partial charge >= 0.3 is 0 Å². The van der Waals surface area contributed by atoms with E-state index < -0.39 is 24.3 Å². The fraction of sp³-hybridized carbons (Fsp3) is 0.381. The van der Waals surface area contributed by atoms with Crippen molar-refractivity contribution in [1.29, 1.82) is 0 Å². The normalized spacial score (nSPS) is 25.5. The summed E-state index contributed by atoms with van der Waals surface area (Å²) in [6.07, 6.45) is -2.09. The summed E-state index contributed by atoms with van der Waals surface area (Å²) in [7, 11) is 0. The first-order chi connectivity index (χ1) is 13.0. The molecule has 0 radical (unpaired) electrons. The topological polar surface area (TPSA) is 93.0 Å². The standard InChI is InChI=1S/C21H26N2O4/c1-14(25)22-11-18-20(26)21(27)19(13-24)23(18)12-15-7-9-17(10-8-15)16-5-3-2-4-6-16/h2-10,18-21,24,26-27H,11-13H2,1H3,(H,22,25)/t18-,19-,20-,21-/m1/s1. The Morgan fingerprint density at radius 2 is 1.56 bits per heavy atom. The fourth-order valence-corrected chi connectivity index (χ4v) is 3.67. The number of hydrogen-bond donors (Lipinski definition) is 4. The third kappa shape index (κ3) is 4.36. The van der Waals surface area contributed by atoms with Gasteiger partial charge in [-0.15, -0.1) is 0 Å². The largest absolute Gasteiger partial charge is 0.395 e. The summed E-state index contributed by atoms with van der Waals surface area (Å²) in [5, 5.41) is 33.0. The van der Waals surface area contributed by atoms with E-state index in [4.69, 9.17) is 0 Å². The highest BCUT2D eigenvalue weighted by atomic mass is 16.3. The van der Waals surface area contributed by atoms with Crippen molar-refractivity contribution >= 4 is 5.91 Å². The zero-order valence-electron chi connectivity index (χ0n) is 15.3. The number of carbonyl (C=O) groups excluding carboxylic acids is 1. The molecule has 1 heterocycles. The second kappa shape index (κ2) is 8.63. The molecular weight excluding hydrogens is 344 g/mol. The van der Waals surface area contributed by atoms with Crippen LogP contribution in [0.5, 0.6) is 0 Å². The Bertz CT molecular complexity index is 751. The molecule has 0 unspecified atom stereocenters. The third-order valence-corrected chi connectivity index (χ3v) is 5.16. The molecule has 6 nitrogen and oxygen atoms in total. The van der Waals surface area contributed by atoms with Gasteiger partial charge in [-0.25, -0.2) is 0 Å². The highest BCUT2D eigenvalue weighted by molar-refractivity contribution is 5.72. The van der Waals surface area contributed by atoms with Gasteiger partial charge in [0.15, 0.2) is 0 Å². The van der Waals surface area contributed by atoms with Crippen molar-refractivity contribution < 1.29 is 20.1 Å². The molecule has 0 spiro atoms. The van der Waals surface area contributed by atoms with Gasteiger partial charge in [0.25, 0.3) is 0 Å². The molecule has 0 saturated carbocycles. The molecule has 4 atom stereocenters. The first-order valence-corrected chi connectivity index (χ1v) is 9.13. The number of aliphatic hydroxyl groups excluding tert-OH is 3. The molecule has 6 heteroatoms. The maximum atomic E-state index is 11.3. The van der Waals surface area contributed by atoms with Gasteiger partial charge in [-0.1, -0.05) is 54.6 Å². The minimum absolute atomic E-state index is 0.198. The maximum absolute atomic E-state index is 11.3. The van der Waals surface area contributed by atoms with Crippen LogP contribution in [0, 0.1) is 0 Å². The van der Waals surface area contributed by atoms with Gasteiger partial charge < -0.3 is 20.6 Å². The number of aliphatic hydroxyl groups is 3. The molecule has 2 aromatic carbocycles. The maximum Gasteiger partial charge on any atom is 0.216 e. The minimum Gasteiger partial charge on any atom is -0.395 e. The summed E-state index contributed by atoms with van der Waals surface area (Å²) >= 11 is 0. The van der Waals surface area contributed by atoms with Gasteiger partial charge in [-0.3, -0.25) is 9.69 Å². The van der Waals surface area contributed by atoms with Crippen LogP contribution in [-0.2, 0) is 11.3 Å². The zero-order chi connectivity index (χ0) is 19.4. The molecule has 1 aliphatic rings. The van der Waals surface area contributed by atoms with E-state index in [1.165, 1.54) is 6.92 Å². The van der Waals surface area contributed by atoms with E-state index in [1.807, 2.05) is 59.5 Å². The summed E-state index contributed by atoms with van der Waals surface area (Å²) in [5.74, 6) is -0.198. The predicted octanol–water partition coefficient (Wildman–Crippen LogP) is 0.757. The van der Waals surface area contributed by atoms with E-state index in [0.717, 1.165) is 16.7 Å². The Morgan fingerprint density at radius 3 is 2.15 bits per heavy atom. The highest BCUT2D eigenvalue weighted by Gasteiger charge is 2.46. The van der Waals surface area contributed by atoms with E-state index in [-0.39, 0.29) is 19.1 Å². The summed E-state index contributed by atoms with van der Waals surface area (Å²) in [4.78, 5) is 13.1. The average Bonchev–Trinajstić information content (AvgIpc) is 2.91. The highest BCUT2D eigenvalue weighted by Crippen LogP contribution is 2.28. The first-order valence-electron chi connectivity index (χ1n) is 9.13. The average molecular weight is 370 g/mol. The van der Waals surface area contributed by atoms with Crippen LogP contribution in [0.1, 0.15) is 12.5 Å². The van der Waals surface area contributed by atoms with Crippen molar-refractivity contribution in [1.82, 2.24) is 10.2 Å². The van der Waals surface area contributed by atoms with Crippen LogP contribution >= 0.6 is 0 Å². The molecule has 144 valence electrons. The van der Waals surface area contributed by atoms with Crippen molar-refractivity contribution in [3.63, 3.8) is 0 Å². The lowest BCUT2D eigenvalue weighted by atomic mass is 10.0. The molecule has 1 fully saturated rings. The number of benzene rings is 2. The molecule has 0 bridgehead atoms. The van der Waals surface area contributed by atoms with Gasteiger partial charge in [0.05, 0.1) is 30.9 Å². The predicted molar refractivity (Wildman–Crippen MR) is 103 cm³/mol. The number of likely N-dealkylation sites (tertiary alicyclic amines) is 1. The Labute approximate surface area is 159 Å². The molecule has 3 rings (SSSR count). The van der Waals surface area contributed by atoms with Gasteiger partial charge in [0.1, 0.15) is 0 Å². The lowest BCUT2D eigenvalue weighted by Gasteiger charge is -2.29. The summed E-state index contributed by atoms with van der Waals surface area (Å²) in [6.45, 7) is 1.82. The Morgan fingerprint density at radius 1 is 0.963 bits per heavy atom. The van der Waals surface area contributed by atoms with E-state index >= 15 is 0 Å². The number of nitrogens with zero attached hydrogens (tertiary/aromatic N) is 1. The summed E-state index contributed by atoms with van der Waals surface area (Å²) in [5.41, 5.74) is 3.24. The molecule has 4 N–H and O–H groups in total. The lowest BCUT2D eigenvalue weighted by Crippen LogP contribution is -2.46. The Hall–Kier alpha value is -2.25. The third-order valence-electron chi connectivity index (χ3n) is 5.16. The van der Waals surface area contributed by atoms with Crippen LogP contribution in [0.25, 0.3) is 11.1 Å². The summed E-state index contributed by atoms with van der Waals surface area (Å²) < 4.78 is 0. The van der Waals surface area contributed by atoms with E-state index in [1.54, 1.807) is 0 Å². The van der Waals surface area contributed by atoms with Crippen LogP contribution in [0.3, 0.4) is 0 Å². The number of amides is 1. The molecule has 27 heavy (non-hydrogen) atoms. The second-order valence-corrected chi connectivity index (χ2v) is 6.97. The molecule has 1 saturated heterocycles. The molecule has 1 aliphatic heterocycles. The number of nitrogens with one attached hydrogen (secondary N) is 1. The Kier molecular flexibility index (Phi) is 6.23. The van der Waals surface area contributed by atoms with E-state index in [0.29, 0.717) is 6.54 Å². The molecule has 0 aromatic heterocycles. The molecular formula is C21H26N2O4. The fourth-order valence-electron chi connectivity index (χ4n) is 3.67. The number of carbonyl (C=O) groups is 1. The van der Waals surface area contributed by atoms with Crippen LogP contribution in [0.2, 0.25) is 0 Å². The SMILES string of the molecule is CC(=O)NC[C@@H]1[C@@H](O)[C@H](O)[C@@H](CO)N1Cc1ccc(-c2ccccc2)cc1. The van der Waals surface area contributed by atoms with Gasteiger partial charge in [0, 0.05) is 20.0 Å². The zero-order valence-corrected chi connectivity index (χ0v) is 15.3. The van der Waals surface area contributed by atoms with Crippen molar-refractivity contribution in [2.75, 3.05) is 13.2 Å². The van der Waals surface area contributed by atoms with Crippen LogP contribution in [0.4, 0.5) is 0 Å². The number of hydrogen-bond acceptors (Lipinski definition) is 5. The lowest BCUT2D eigenvalue weighted by molar-refractivity contribution is -0.119. The quantitative estimate of drug-likeness (QED) is 0.602. The van der Waals surface area contributed by atoms with E-state index in [9.17, 15) is 20.1 Å². The monoisotopic (exact) mass is 370 g/mol. The minimum atomic E-state index is -1.06. The van der Waals surface area contributed by atoms with Crippen LogP contribution in [-0.4, -0.2) is 63.6 Å². The second-order valence-electron chi connectivity index (χ2n) is 6.97. The summed E-state index contributed by atoms with van der Waals surface area (Å²) in [6, 6.07) is 17.1. The Balaban J connectivity index is 1.77. The van der Waals surface area contributed by atoms with Crippen LogP contribution in [0.15, 0.2) is 54.6 Å². The van der Waals surface area contributed by atoms with Gasteiger partial charge in [-0.05, 0) is 16.7 Å². The molecule has 2 aromatic rings. The van der Waals surface area contributed by atoms with Crippen molar-refractivity contribution in [3.8, 4) is 11.1 Å². The van der Waals surface area contributed by atoms with Crippen molar-refractivity contribution in [2.45, 2.75) is 37.8 Å². The smallest absolute Gasteiger partial charge is 0.216 e. The van der Waals surface area contributed by atoms with E-state index in [2.05, 4.69) is 5.32 Å². The molecule has 0 aliphatic carbocycles. The van der Waals surface area contributed by atoms with Crippen molar-refractivity contribution in [3.05, 3.63) is 60.2 Å².